The second-order valence-corrected chi connectivity index (χ2v) is 5.57. The smallest absolute Gasteiger partial charge is 0.0661 e. The summed E-state index contributed by atoms with van der Waals surface area (Å²) < 4.78 is 5.48. The minimum atomic E-state index is 0.0902. The molecule has 2 N–H and O–H groups in total. The molecule has 1 fully saturated rings. The maximum Gasteiger partial charge on any atom is 0.0661 e. The van der Waals surface area contributed by atoms with Crippen molar-refractivity contribution < 1.29 is 4.74 Å². The van der Waals surface area contributed by atoms with Crippen LogP contribution < -0.4 is 5.73 Å². The molecule has 0 aromatic heterocycles. The fourth-order valence-corrected chi connectivity index (χ4v) is 2.82. The highest BCUT2D eigenvalue weighted by atomic mass is 16.5. The number of ether oxygens (including phenoxy) is 1. The molecule has 3 nitrogen and oxygen atoms in total. The van der Waals surface area contributed by atoms with E-state index in [2.05, 4.69) is 25.7 Å². The van der Waals surface area contributed by atoms with Crippen LogP contribution in [0.4, 0.5) is 0 Å². The van der Waals surface area contributed by atoms with Crippen molar-refractivity contribution in [3.63, 3.8) is 0 Å². The van der Waals surface area contributed by atoms with E-state index in [4.69, 9.17) is 10.5 Å². The van der Waals surface area contributed by atoms with Gasteiger partial charge in [0, 0.05) is 20.2 Å². The van der Waals surface area contributed by atoms with Gasteiger partial charge in [-0.25, -0.2) is 0 Å². The molecule has 0 bridgehead atoms. The normalized spacial score (nSPS) is 21.5. The van der Waals surface area contributed by atoms with Gasteiger partial charge in [-0.2, -0.15) is 0 Å². The molecule has 0 amide bonds. The van der Waals surface area contributed by atoms with Gasteiger partial charge in [0.15, 0.2) is 0 Å². The highest BCUT2D eigenvalue weighted by Gasteiger charge is 2.48. The molecule has 102 valence electrons. The summed E-state index contributed by atoms with van der Waals surface area (Å²) in [7, 11) is 1.80. The fraction of sp³-hybridized carbons (Fsp3) is 1.00. The Balaban J connectivity index is 2.76. The lowest BCUT2D eigenvalue weighted by Crippen LogP contribution is -2.59. The van der Waals surface area contributed by atoms with Gasteiger partial charge < -0.3 is 10.5 Å². The first-order chi connectivity index (χ1) is 8.14. The van der Waals surface area contributed by atoms with Gasteiger partial charge in [0.25, 0.3) is 0 Å². The number of rotatable bonds is 9. The summed E-state index contributed by atoms with van der Waals surface area (Å²) in [5, 5.41) is 0. The third-order valence-electron chi connectivity index (χ3n) is 4.33. The zero-order valence-electron chi connectivity index (χ0n) is 12.0. The minimum absolute atomic E-state index is 0.0902. The predicted molar refractivity (Wildman–Crippen MR) is 73.1 cm³/mol. The second-order valence-electron chi connectivity index (χ2n) is 5.57. The van der Waals surface area contributed by atoms with E-state index in [0.29, 0.717) is 0 Å². The van der Waals surface area contributed by atoms with E-state index < -0.39 is 0 Å². The SMILES string of the molecule is CCC(C)CN(CC)C(CN)(COC)C1CC1. The molecule has 3 heteroatoms. The van der Waals surface area contributed by atoms with Crippen molar-refractivity contribution in [2.45, 2.75) is 45.6 Å². The number of methoxy groups -OCH3 is 1. The van der Waals surface area contributed by atoms with Crippen LogP contribution in [0, 0.1) is 11.8 Å². The third-order valence-corrected chi connectivity index (χ3v) is 4.33. The first-order valence-electron chi connectivity index (χ1n) is 7.08. The van der Waals surface area contributed by atoms with Crippen molar-refractivity contribution in [1.82, 2.24) is 4.90 Å². The Morgan fingerprint density at radius 2 is 2.06 bits per heavy atom. The van der Waals surface area contributed by atoms with Gasteiger partial charge in [-0.15, -0.1) is 0 Å². The Morgan fingerprint density at radius 3 is 2.41 bits per heavy atom. The Kier molecular flexibility index (Phi) is 5.90. The molecule has 0 radical (unpaired) electrons. The summed E-state index contributed by atoms with van der Waals surface area (Å²) in [6.45, 7) is 10.5. The van der Waals surface area contributed by atoms with Gasteiger partial charge in [-0.3, -0.25) is 4.90 Å². The van der Waals surface area contributed by atoms with Crippen LogP contribution in [-0.2, 0) is 4.74 Å². The van der Waals surface area contributed by atoms with Crippen LogP contribution in [0.1, 0.15) is 40.0 Å². The maximum absolute atomic E-state index is 6.11. The van der Waals surface area contributed by atoms with Crippen molar-refractivity contribution in [3.05, 3.63) is 0 Å². The van der Waals surface area contributed by atoms with Crippen LogP contribution in [-0.4, -0.2) is 43.8 Å². The first-order valence-corrected chi connectivity index (χ1v) is 7.08. The van der Waals surface area contributed by atoms with E-state index in [1.54, 1.807) is 7.11 Å². The number of nitrogens with two attached hydrogens (primary N) is 1. The van der Waals surface area contributed by atoms with Crippen LogP contribution in [0.5, 0.6) is 0 Å². The Bertz CT molecular complexity index is 218. The average Bonchev–Trinajstić information content (AvgIpc) is 3.17. The van der Waals surface area contributed by atoms with Gasteiger partial charge in [0.05, 0.1) is 12.1 Å². The first kappa shape index (κ1) is 14.9. The number of hydrogen-bond acceptors (Lipinski definition) is 3. The van der Waals surface area contributed by atoms with Crippen molar-refractivity contribution in [2.75, 3.05) is 33.4 Å². The zero-order chi connectivity index (χ0) is 12.9. The standard InChI is InChI=1S/C14H30N2O/c1-5-12(3)9-16(6-2)14(10-15,11-17-4)13-7-8-13/h12-13H,5-11,15H2,1-4H3. The van der Waals surface area contributed by atoms with Crippen molar-refractivity contribution >= 4 is 0 Å². The third kappa shape index (κ3) is 3.43. The van der Waals surface area contributed by atoms with Gasteiger partial charge in [0.1, 0.15) is 0 Å². The monoisotopic (exact) mass is 242 g/mol. The molecule has 2 unspecified atom stereocenters. The molecular formula is C14H30N2O. The summed E-state index contributed by atoms with van der Waals surface area (Å²) in [6, 6.07) is 0. The molecule has 2 atom stereocenters. The van der Waals surface area contributed by atoms with Crippen molar-refractivity contribution in [3.8, 4) is 0 Å². The van der Waals surface area contributed by atoms with E-state index in [0.717, 1.165) is 38.1 Å². The second kappa shape index (κ2) is 6.72. The highest BCUT2D eigenvalue weighted by molar-refractivity contribution is 5.03. The average molecular weight is 242 g/mol. The molecular weight excluding hydrogens is 212 g/mol. The maximum atomic E-state index is 6.11. The fourth-order valence-electron chi connectivity index (χ4n) is 2.82. The van der Waals surface area contributed by atoms with Gasteiger partial charge in [-0.05, 0) is 31.2 Å². The molecule has 1 rings (SSSR count). The minimum Gasteiger partial charge on any atom is -0.383 e. The number of hydrogen-bond donors (Lipinski definition) is 1. The molecule has 0 aromatic carbocycles. The lowest BCUT2D eigenvalue weighted by Gasteiger charge is -2.44. The molecule has 0 aromatic rings. The molecule has 1 saturated carbocycles. The van der Waals surface area contributed by atoms with E-state index in [-0.39, 0.29) is 5.54 Å². The van der Waals surface area contributed by atoms with Crippen molar-refractivity contribution in [2.24, 2.45) is 17.6 Å². The molecule has 0 saturated heterocycles. The highest BCUT2D eigenvalue weighted by Crippen LogP contribution is 2.43. The Hall–Kier alpha value is -0.120. The quantitative estimate of drug-likeness (QED) is 0.673. The van der Waals surface area contributed by atoms with Gasteiger partial charge in [-0.1, -0.05) is 27.2 Å². The zero-order valence-corrected chi connectivity index (χ0v) is 12.0. The molecule has 0 heterocycles. The van der Waals surface area contributed by atoms with Crippen LogP contribution in [0.15, 0.2) is 0 Å². The largest absolute Gasteiger partial charge is 0.383 e. The lowest BCUT2D eigenvalue weighted by atomic mass is 9.90. The Morgan fingerprint density at radius 1 is 1.41 bits per heavy atom. The van der Waals surface area contributed by atoms with E-state index in [1.807, 2.05) is 0 Å². The van der Waals surface area contributed by atoms with E-state index in [9.17, 15) is 0 Å². The lowest BCUT2D eigenvalue weighted by molar-refractivity contribution is -0.00554. The van der Waals surface area contributed by atoms with Crippen LogP contribution in [0.3, 0.4) is 0 Å². The van der Waals surface area contributed by atoms with E-state index in [1.165, 1.54) is 19.3 Å². The molecule has 0 aliphatic heterocycles. The van der Waals surface area contributed by atoms with Crippen LogP contribution >= 0.6 is 0 Å². The summed E-state index contributed by atoms with van der Waals surface area (Å²) >= 11 is 0. The van der Waals surface area contributed by atoms with Gasteiger partial charge >= 0.3 is 0 Å². The molecule has 0 spiro atoms. The van der Waals surface area contributed by atoms with Crippen LogP contribution in [0.2, 0.25) is 0 Å². The van der Waals surface area contributed by atoms with Crippen LogP contribution in [0.25, 0.3) is 0 Å². The summed E-state index contributed by atoms with van der Waals surface area (Å²) in [4.78, 5) is 2.57. The summed E-state index contributed by atoms with van der Waals surface area (Å²) in [5.74, 6) is 1.48. The molecule has 1 aliphatic carbocycles. The summed E-state index contributed by atoms with van der Waals surface area (Å²) in [5.41, 5.74) is 6.20. The topological polar surface area (TPSA) is 38.5 Å². The molecule has 17 heavy (non-hydrogen) atoms. The number of nitrogens with zero attached hydrogens (tertiary/aromatic N) is 1. The molecule has 1 aliphatic rings. The van der Waals surface area contributed by atoms with Gasteiger partial charge in [0.2, 0.25) is 0 Å². The van der Waals surface area contributed by atoms with Crippen molar-refractivity contribution in [1.29, 1.82) is 0 Å². The number of likely N-dealkylation sites (N-methyl/N-ethyl adjacent to an activating group) is 1. The van der Waals surface area contributed by atoms with E-state index >= 15 is 0 Å². The predicted octanol–water partition coefficient (Wildman–Crippen LogP) is 2.11. The Labute approximate surface area is 107 Å². The summed E-state index contributed by atoms with van der Waals surface area (Å²) in [6.07, 6.45) is 3.87.